The summed E-state index contributed by atoms with van der Waals surface area (Å²) in [5.74, 6) is 5.45. The van der Waals surface area contributed by atoms with Crippen molar-refractivity contribution in [1.29, 1.82) is 0 Å². The topological polar surface area (TPSA) is 61.9 Å². The summed E-state index contributed by atoms with van der Waals surface area (Å²) < 4.78 is 1.50. The SMILES string of the molecule is CSN1C=NC(C(C)(C)C)C(=O)N1N. The summed E-state index contributed by atoms with van der Waals surface area (Å²) in [6, 6.07) is -0.393. The van der Waals surface area contributed by atoms with E-state index in [1.165, 1.54) is 16.4 Å². The monoisotopic (exact) mass is 216 g/mol. The van der Waals surface area contributed by atoms with Gasteiger partial charge in [-0.05, 0) is 17.4 Å². The maximum absolute atomic E-state index is 11.8. The van der Waals surface area contributed by atoms with Gasteiger partial charge in [-0.2, -0.15) is 9.53 Å². The lowest BCUT2D eigenvalue weighted by Gasteiger charge is -2.37. The van der Waals surface area contributed by atoms with Gasteiger partial charge in [-0.15, -0.1) is 0 Å². The van der Waals surface area contributed by atoms with Gasteiger partial charge >= 0.3 is 0 Å². The second kappa shape index (κ2) is 3.78. The van der Waals surface area contributed by atoms with Gasteiger partial charge in [-0.1, -0.05) is 20.8 Å². The first kappa shape index (κ1) is 11.3. The van der Waals surface area contributed by atoms with E-state index in [0.717, 1.165) is 5.12 Å². The number of hydrazine groups is 2. The first-order valence-electron chi connectivity index (χ1n) is 4.33. The van der Waals surface area contributed by atoms with Crippen LogP contribution in [0.15, 0.2) is 4.99 Å². The number of nitrogens with zero attached hydrogens (tertiary/aromatic N) is 3. The van der Waals surface area contributed by atoms with E-state index in [-0.39, 0.29) is 11.3 Å². The molecule has 1 aliphatic rings. The Morgan fingerprint density at radius 1 is 1.57 bits per heavy atom. The molecule has 0 aromatic heterocycles. The lowest BCUT2D eigenvalue weighted by molar-refractivity contribution is -0.142. The fraction of sp³-hybridized carbons (Fsp3) is 0.750. The van der Waals surface area contributed by atoms with Crippen LogP contribution in [0.2, 0.25) is 0 Å². The minimum absolute atomic E-state index is 0.172. The molecule has 80 valence electrons. The Labute approximate surface area is 88.4 Å². The largest absolute Gasteiger partial charge is 0.282 e. The molecule has 0 radical (unpaired) electrons. The van der Waals surface area contributed by atoms with E-state index in [1.54, 1.807) is 6.34 Å². The van der Waals surface area contributed by atoms with Crippen LogP contribution in [0.3, 0.4) is 0 Å². The van der Waals surface area contributed by atoms with E-state index >= 15 is 0 Å². The van der Waals surface area contributed by atoms with Crippen LogP contribution >= 0.6 is 11.9 Å². The van der Waals surface area contributed by atoms with Gasteiger partial charge < -0.3 is 0 Å². The molecule has 0 bridgehead atoms. The van der Waals surface area contributed by atoms with Crippen LogP contribution in [0.5, 0.6) is 0 Å². The number of amides is 1. The molecule has 0 aliphatic carbocycles. The van der Waals surface area contributed by atoms with E-state index in [0.29, 0.717) is 0 Å². The molecule has 1 unspecified atom stereocenters. The molecule has 14 heavy (non-hydrogen) atoms. The van der Waals surface area contributed by atoms with Gasteiger partial charge in [-0.25, -0.2) is 5.84 Å². The van der Waals surface area contributed by atoms with E-state index in [9.17, 15) is 4.79 Å². The predicted octanol–water partition coefficient (Wildman–Crippen LogP) is 0.640. The van der Waals surface area contributed by atoms with E-state index in [1.807, 2.05) is 27.0 Å². The molecule has 1 heterocycles. The van der Waals surface area contributed by atoms with Crippen molar-refractivity contribution in [2.45, 2.75) is 26.8 Å². The van der Waals surface area contributed by atoms with Crippen LogP contribution in [0.1, 0.15) is 20.8 Å². The third kappa shape index (κ3) is 2.01. The molecule has 0 saturated carbocycles. The highest BCUT2D eigenvalue weighted by molar-refractivity contribution is 7.96. The molecule has 6 heteroatoms. The smallest absolute Gasteiger partial charge is 0.269 e. The normalized spacial score (nSPS) is 23.2. The van der Waals surface area contributed by atoms with Crippen LogP contribution < -0.4 is 5.84 Å². The Morgan fingerprint density at radius 3 is 2.57 bits per heavy atom. The van der Waals surface area contributed by atoms with E-state index in [2.05, 4.69) is 4.99 Å². The molecule has 0 fully saturated rings. The van der Waals surface area contributed by atoms with Gasteiger partial charge in [0.15, 0.2) is 0 Å². The van der Waals surface area contributed by atoms with Crippen molar-refractivity contribution in [2.75, 3.05) is 6.26 Å². The molecule has 1 amide bonds. The second-order valence-corrected chi connectivity index (χ2v) is 4.94. The lowest BCUT2D eigenvalue weighted by Crippen LogP contribution is -2.56. The molecule has 5 nitrogen and oxygen atoms in total. The number of aliphatic imine (C=N–C) groups is 1. The lowest BCUT2D eigenvalue weighted by atomic mass is 9.86. The first-order chi connectivity index (χ1) is 6.38. The average Bonchev–Trinajstić information content (AvgIpc) is 2.07. The van der Waals surface area contributed by atoms with Crippen molar-refractivity contribution >= 4 is 24.2 Å². The summed E-state index contributed by atoms with van der Waals surface area (Å²) >= 11 is 1.33. The number of nitrogens with two attached hydrogens (primary N) is 1. The molecule has 0 aromatic carbocycles. The Kier molecular flexibility index (Phi) is 3.06. The van der Waals surface area contributed by atoms with Crippen LogP contribution in [0.4, 0.5) is 0 Å². The zero-order chi connectivity index (χ0) is 10.9. The summed E-state index contributed by atoms with van der Waals surface area (Å²) in [4.78, 5) is 16.0. The zero-order valence-corrected chi connectivity index (χ0v) is 9.71. The summed E-state index contributed by atoms with van der Waals surface area (Å²) in [6.07, 6.45) is 3.42. The third-order valence-corrected chi connectivity index (χ3v) is 2.64. The standard InChI is InChI=1S/C8H16N4OS/c1-8(2,3)6-7(13)12(9)11(14-4)5-10-6/h5-6H,9H2,1-4H3. The first-order valence-corrected chi connectivity index (χ1v) is 5.51. The van der Waals surface area contributed by atoms with Gasteiger partial charge in [0.2, 0.25) is 0 Å². The van der Waals surface area contributed by atoms with Gasteiger partial charge in [0.05, 0.1) is 0 Å². The summed E-state index contributed by atoms with van der Waals surface area (Å²) in [7, 11) is 0. The summed E-state index contributed by atoms with van der Waals surface area (Å²) in [5.41, 5.74) is -0.199. The quantitative estimate of drug-likeness (QED) is 0.397. The fourth-order valence-electron chi connectivity index (χ4n) is 1.19. The number of carbonyl (C=O) groups is 1. The van der Waals surface area contributed by atoms with Crippen molar-refractivity contribution in [3.8, 4) is 0 Å². The number of hydrogen-bond acceptors (Lipinski definition) is 5. The van der Waals surface area contributed by atoms with Crippen molar-refractivity contribution in [2.24, 2.45) is 16.3 Å². The summed E-state index contributed by atoms with van der Waals surface area (Å²) in [5, 5.41) is 1.10. The number of rotatable bonds is 1. The van der Waals surface area contributed by atoms with Crippen molar-refractivity contribution in [1.82, 2.24) is 9.53 Å². The third-order valence-electron chi connectivity index (χ3n) is 1.99. The molecular formula is C8H16N4OS. The highest BCUT2D eigenvalue weighted by atomic mass is 32.2. The Bertz CT molecular complexity index is 261. The van der Waals surface area contributed by atoms with Crippen molar-refractivity contribution < 1.29 is 4.79 Å². The molecule has 0 spiro atoms. The van der Waals surface area contributed by atoms with E-state index in [4.69, 9.17) is 5.84 Å². The number of carbonyl (C=O) groups excluding carboxylic acids is 1. The minimum Gasteiger partial charge on any atom is -0.269 e. The van der Waals surface area contributed by atoms with Crippen LogP contribution in [-0.2, 0) is 4.79 Å². The Hall–Kier alpha value is -0.750. The van der Waals surface area contributed by atoms with Gasteiger partial charge in [0.25, 0.3) is 5.91 Å². The van der Waals surface area contributed by atoms with Crippen molar-refractivity contribution in [3.63, 3.8) is 0 Å². The molecule has 1 atom stereocenters. The Balaban J connectivity index is 2.90. The summed E-state index contributed by atoms with van der Waals surface area (Å²) in [6.45, 7) is 5.90. The van der Waals surface area contributed by atoms with Gasteiger partial charge in [0, 0.05) is 6.26 Å². The van der Waals surface area contributed by atoms with Gasteiger partial charge in [-0.3, -0.25) is 9.79 Å². The fourth-order valence-corrected chi connectivity index (χ4v) is 1.60. The van der Waals surface area contributed by atoms with Crippen molar-refractivity contribution in [3.05, 3.63) is 0 Å². The minimum atomic E-state index is -0.393. The molecule has 1 rings (SSSR count). The molecule has 1 aliphatic heterocycles. The maximum atomic E-state index is 11.8. The number of hydrogen-bond donors (Lipinski definition) is 1. The van der Waals surface area contributed by atoms with Crippen LogP contribution in [0, 0.1) is 5.41 Å². The van der Waals surface area contributed by atoms with Gasteiger partial charge in [0.1, 0.15) is 12.4 Å². The molecule has 0 saturated heterocycles. The highest BCUT2D eigenvalue weighted by Gasteiger charge is 2.37. The molecule has 2 N–H and O–H groups in total. The Morgan fingerprint density at radius 2 is 2.14 bits per heavy atom. The van der Waals surface area contributed by atoms with Crippen LogP contribution in [-0.4, -0.2) is 34.1 Å². The molecule has 0 aromatic rings. The maximum Gasteiger partial charge on any atom is 0.282 e. The molecular weight excluding hydrogens is 200 g/mol. The van der Waals surface area contributed by atoms with E-state index < -0.39 is 6.04 Å². The zero-order valence-electron chi connectivity index (χ0n) is 8.89. The second-order valence-electron chi connectivity index (χ2n) is 4.20. The highest BCUT2D eigenvalue weighted by Crippen LogP contribution is 2.26. The predicted molar refractivity (Wildman–Crippen MR) is 58.1 cm³/mol. The average molecular weight is 216 g/mol. The van der Waals surface area contributed by atoms with Crippen LogP contribution in [0.25, 0.3) is 0 Å².